The molecule has 3 rings (SSSR count). The summed E-state index contributed by atoms with van der Waals surface area (Å²) in [5.74, 6) is -0.0282. The highest BCUT2D eigenvalue weighted by molar-refractivity contribution is 6.07. The highest BCUT2D eigenvalue weighted by atomic mass is 16.2. The van der Waals surface area contributed by atoms with Crippen LogP contribution in [0.5, 0.6) is 0 Å². The first-order valence-electron chi connectivity index (χ1n) is 8.92. The Labute approximate surface area is 154 Å². The smallest absolute Gasteiger partial charge is 0.257 e. The monoisotopic (exact) mass is 348 g/mol. The van der Waals surface area contributed by atoms with Crippen molar-refractivity contribution in [1.29, 1.82) is 0 Å². The number of aryl methyl sites for hydroxylation is 2. The minimum atomic E-state index is -0.0282. The standard InChI is InChI=1S/C21H24N4O/c1-5-25(6-2)21(26)18-13-22-20-17(12-9-15(4)23-20)19(18)24-16-10-7-14(3)8-11-16/h7-13H,5-6H2,1-4H3,(H,22,23,24). The van der Waals surface area contributed by atoms with E-state index in [-0.39, 0.29) is 5.91 Å². The maximum Gasteiger partial charge on any atom is 0.257 e. The molecule has 0 spiro atoms. The summed E-state index contributed by atoms with van der Waals surface area (Å²) in [5.41, 5.74) is 4.96. The number of fused-ring (bicyclic) bond motifs is 1. The van der Waals surface area contributed by atoms with E-state index >= 15 is 0 Å². The first kappa shape index (κ1) is 17.9. The lowest BCUT2D eigenvalue weighted by Gasteiger charge is -2.21. The molecule has 0 bridgehead atoms. The van der Waals surface area contributed by atoms with Crippen molar-refractivity contribution in [2.24, 2.45) is 0 Å². The molecule has 5 heteroatoms. The molecule has 0 saturated heterocycles. The van der Waals surface area contributed by atoms with Gasteiger partial charge in [0, 0.05) is 36.1 Å². The molecule has 0 aliphatic rings. The van der Waals surface area contributed by atoms with Crippen LogP contribution in [0.15, 0.2) is 42.6 Å². The molecular weight excluding hydrogens is 324 g/mol. The molecule has 0 radical (unpaired) electrons. The van der Waals surface area contributed by atoms with Gasteiger partial charge in [0.05, 0.1) is 11.3 Å². The minimum Gasteiger partial charge on any atom is -0.354 e. The van der Waals surface area contributed by atoms with Gasteiger partial charge in [-0.25, -0.2) is 9.97 Å². The van der Waals surface area contributed by atoms with Crippen LogP contribution in [0.4, 0.5) is 11.4 Å². The van der Waals surface area contributed by atoms with Gasteiger partial charge in [-0.3, -0.25) is 4.79 Å². The van der Waals surface area contributed by atoms with Crippen LogP contribution in [0.25, 0.3) is 11.0 Å². The molecule has 134 valence electrons. The topological polar surface area (TPSA) is 58.1 Å². The Balaban J connectivity index is 2.15. The van der Waals surface area contributed by atoms with Gasteiger partial charge in [-0.15, -0.1) is 0 Å². The van der Waals surface area contributed by atoms with E-state index in [0.717, 1.165) is 22.5 Å². The average Bonchev–Trinajstić information content (AvgIpc) is 2.64. The van der Waals surface area contributed by atoms with Crippen molar-refractivity contribution >= 4 is 28.3 Å². The summed E-state index contributed by atoms with van der Waals surface area (Å²) in [7, 11) is 0. The summed E-state index contributed by atoms with van der Waals surface area (Å²) >= 11 is 0. The van der Waals surface area contributed by atoms with Gasteiger partial charge in [0.1, 0.15) is 0 Å². The van der Waals surface area contributed by atoms with Crippen molar-refractivity contribution < 1.29 is 4.79 Å². The van der Waals surface area contributed by atoms with Crippen LogP contribution in [0.1, 0.15) is 35.5 Å². The zero-order chi connectivity index (χ0) is 18.7. The molecule has 2 aromatic heterocycles. The lowest BCUT2D eigenvalue weighted by Crippen LogP contribution is -2.31. The Morgan fingerprint density at radius 1 is 1.04 bits per heavy atom. The number of nitrogens with one attached hydrogen (secondary N) is 1. The predicted molar refractivity (Wildman–Crippen MR) is 106 cm³/mol. The molecule has 5 nitrogen and oxygen atoms in total. The molecule has 3 aromatic rings. The second kappa shape index (κ2) is 7.52. The molecule has 1 N–H and O–H groups in total. The zero-order valence-corrected chi connectivity index (χ0v) is 15.7. The third-order valence-electron chi connectivity index (χ3n) is 4.47. The SMILES string of the molecule is CCN(CC)C(=O)c1cnc2nc(C)ccc2c1Nc1ccc(C)cc1. The molecule has 2 heterocycles. The van der Waals surface area contributed by atoms with Gasteiger partial charge in [-0.1, -0.05) is 17.7 Å². The van der Waals surface area contributed by atoms with Gasteiger partial charge in [0.25, 0.3) is 5.91 Å². The lowest BCUT2D eigenvalue weighted by atomic mass is 10.1. The molecule has 0 saturated carbocycles. The Kier molecular flexibility index (Phi) is 5.16. The number of pyridine rings is 2. The summed E-state index contributed by atoms with van der Waals surface area (Å²) in [6.45, 7) is 9.26. The zero-order valence-electron chi connectivity index (χ0n) is 15.7. The van der Waals surface area contributed by atoms with Gasteiger partial charge in [-0.2, -0.15) is 0 Å². The van der Waals surface area contributed by atoms with Gasteiger partial charge in [0.2, 0.25) is 0 Å². The Hall–Kier alpha value is -2.95. The maximum atomic E-state index is 13.0. The number of amides is 1. The number of rotatable bonds is 5. The van der Waals surface area contributed by atoms with E-state index in [1.165, 1.54) is 5.56 Å². The van der Waals surface area contributed by atoms with E-state index in [1.54, 1.807) is 11.1 Å². The number of aromatic nitrogens is 2. The quantitative estimate of drug-likeness (QED) is 0.739. The van der Waals surface area contributed by atoms with Crippen LogP contribution in [0.3, 0.4) is 0 Å². The van der Waals surface area contributed by atoms with Gasteiger partial charge >= 0.3 is 0 Å². The van der Waals surface area contributed by atoms with Crippen LogP contribution < -0.4 is 5.32 Å². The van der Waals surface area contributed by atoms with E-state index < -0.39 is 0 Å². The van der Waals surface area contributed by atoms with E-state index in [0.29, 0.717) is 24.3 Å². The molecule has 0 aliphatic carbocycles. The lowest BCUT2D eigenvalue weighted by molar-refractivity contribution is 0.0774. The molecule has 1 amide bonds. The number of anilines is 2. The van der Waals surface area contributed by atoms with Crippen molar-refractivity contribution in [3.05, 3.63) is 59.4 Å². The van der Waals surface area contributed by atoms with Crippen LogP contribution in [0, 0.1) is 13.8 Å². The van der Waals surface area contributed by atoms with Gasteiger partial charge in [-0.05, 0) is 52.0 Å². The molecule has 0 unspecified atom stereocenters. The number of benzene rings is 1. The van der Waals surface area contributed by atoms with Crippen molar-refractivity contribution in [1.82, 2.24) is 14.9 Å². The van der Waals surface area contributed by atoms with E-state index in [9.17, 15) is 4.79 Å². The van der Waals surface area contributed by atoms with Gasteiger partial charge in [0.15, 0.2) is 5.65 Å². The Morgan fingerprint density at radius 3 is 2.38 bits per heavy atom. The van der Waals surface area contributed by atoms with Crippen LogP contribution in [-0.2, 0) is 0 Å². The Morgan fingerprint density at radius 2 is 1.73 bits per heavy atom. The number of carbonyl (C=O) groups excluding carboxylic acids is 1. The van der Waals surface area contributed by atoms with Crippen molar-refractivity contribution in [2.75, 3.05) is 18.4 Å². The van der Waals surface area contributed by atoms with Crippen molar-refractivity contribution in [2.45, 2.75) is 27.7 Å². The summed E-state index contributed by atoms with van der Waals surface area (Å²) in [6.07, 6.45) is 1.63. The number of carbonyl (C=O) groups is 1. The fraction of sp³-hybridized carbons (Fsp3) is 0.286. The van der Waals surface area contributed by atoms with Crippen molar-refractivity contribution in [3.8, 4) is 0 Å². The van der Waals surface area contributed by atoms with Crippen LogP contribution >= 0.6 is 0 Å². The van der Waals surface area contributed by atoms with Crippen LogP contribution in [-0.4, -0.2) is 33.9 Å². The molecule has 0 fully saturated rings. The maximum absolute atomic E-state index is 13.0. The first-order chi connectivity index (χ1) is 12.5. The summed E-state index contributed by atoms with van der Waals surface area (Å²) in [6, 6.07) is 12.0. The van der Waals surface area contributed by atoms with E-state index in [2.05, 4.69) is 15.3 Å². The molecule has 26 heavy (non-hydrogen) atoms. The number of hydrogen-bond donors (Lipinski definition) is 1. The highest BCUT2D eigenvalue weighted by Gasteiger charge is 2.20. The molecule has 1 aromatic carbocycles. The van der Waals surface area contributed by atoms with Crippen LogP contribution in [0.2, 0.25) is 0 Å². The second-order valence-electron chi connectivity index (χ2n) is 6.34. The Bertz CT molecular complexity index is 931. The average molecular weight is 348 g/mol. The third kappa shape index (κ3) is 3.52. The summed E-state index contributed by atoms with van der Waals surface area (Å²) < 4.78 is 0. The predicted octanol–water partition coefficient (Wildman–Crippen LogP) is 4.47. The van der Waals surface area contributed by atoms with E-state index in [1.807, 2.05) is 64.1 Å². The number of hydrogen-bond acceptors (Lipinski definition) is 4. The van der Waals surface area contributed by atoms with E-state index in [4.69, 9.17) is 0 Å². The van der Waals surface area contributed by atoms with Gasteiger partial charge < -0.3 is 10.2 Å². The third-order valence-corrected chi connectivity index (χ3v) is 4.47. The number of nitrogens with zero attached hydrogens (tertiary/aromatic N) is 3. The first-order valence-corrected chi connectivity index (χ1v) is 8.92. The molecule has 0 atom stereocenters. The second-order valence-corrected chi connectivity index (χ2v) is 6.34. The molecule has 0 aliphatic heterocycles. The normalized spacial score (nSPS) is 10.8. The highest BCUT2D eigenvalue weighted by Crippen LogP contribution is 2.29. The van der Waals surface area contributed by atoms with Crippen molar-refractivity contribution in [3.63, 3.8) is 0 Å². The summed E-state index contributed by atoms with van der Waals surface area (Å²) in [5, 5.41) is 4.26. The largest absolute Gasteiger partial charge is 0.354 e. The summed E-state index contributed by atoms with van der Waals surface area (Å²) in [4.78, 5) is 23.7. The molecular formula is C21H24N4O. The fourth-order valence-corrected chi connectivity index (χ4v) is 2.93. The fourth-order valence-electron chi connectivity index (χ4n) is 2.93. The minimum absolute atomic E-state index is 0.0282.